The standard InChI is InChI=1S/C19H28N2O5/c1-12(2)14-9-7-8-13(10-14)11-21-15(22)16(25-18(21)24)20(6)17(23)26-19(3,4)5/h7-10,12,15-16,22H,11H2,1-6H3/t15?,16-/m1/s1. The van der Waals surface area contributed by atoms with Gasteiger partial charge in [-0.05, 0) is 37.8 Å². The molecule has 0 radical (unpaired) electrons. The smallest absolute Gasteiger partial charge is 0.414 e. The van der Waals surface area contributed by atoms with E-state index in [1.54, 1.807) is 20.8 Å². The Morgan fingerprint density at radius 2 is 2.04 bits per heavy atom. The molecule has 2 rings (SSSR count). The van der Waals surface area contributed by atoms with E-state index in [1.165, 1.54) is 11.9 Å². The number of rotatable bonds is 4. The molecule has 1 heterocycles. The van der Waals surface area contributed by atoms with E-state index >= 15 is 0 Å². The van der Waals surface area contributed by atoms with Crippen LogP contribution in [0.2, 0.25) is 0 Å². The summed E-state index contributed by atoms with van der Waals surface area (Å²) in [6.45, 7) is 9.59. The number of carbonyl (C=O) groups is 2. The van der Waals surface area contributed by atoms with Crippen molar-refractivity contribution >= 4 is 12.2 Å². The summed E-state index contributed by atoms with van der Waals surface area (Å²) in [4.78, 5) is 26.7. The van der Waals surface area contributed by atoms with Gasteiger partial charge in [0.25, 0.3) is 0 Å². The number of carbonyl (C=O) groups excluding carboxylic acids is 2. The van der Waals surface area contributed by atoms with E-state index in [4.69, 9.17) is 9.47 Å². The summed E-state index contributed by atoms with van der Waals surface area (Å²) >= 11 is 0. The number of hydrogen-bond acceptors (Lipinski definition) is 5. The van der Waals surface area contributed by atoms with Crippen LogP contribution in [0.5, 0.6) is 0 Å². The molecule has 0 spiro atoms. The molecular weight excluding hydrogens is 336 g/mol. The molecule has 7 heteroatoms. The molecule has 1 unspecified atom stereocenters. The second kappa shape index (κ2) is 7.53. The fourth-order valence-electron chi connectivity index (χ4n) is 2.62. The predicted molar refractivity (Wildman–Crippen MR) is 96.3 cm³/mol. The van der Waals surface area contributed by atoms with Crippen LogP contribution in [0.3, 0.4) is 0 Å². The van der Waals surface area contributed by atoms with Crippen molar-refractivity contribution < 1.29 is 24.2 Å². The first-order chi connectivity index (χ1) is 12.0. The van der Waals surface area contributed by atoms with Gasteiger partial charge in [-0.1, -0.05) is 38.1 Å². The zero-order chi connectivity index (χ0) is 19.6. The Balaban J connectivity index is 2.10. The molecule has 0 bridgehead atoms. The number of hydrogen-bond donors (Lipinski definition) is 1. The Hall–Kier alpha value is -2.28. The molecule has 2 amide bonds. The van der Waals surface area contributed by atoms with E-state index in [0.717, 1.165) is 16.0 Å². The summed E-state index contributed by atoms with van der Waals surface area (Å²) in [6.07, 6.45) is -3.74. The topological polar surface area (TPSA) is 79.3 Å². The Kier molecular flexibility index (Phi) is 5.81. The summed E-state index contributed by atoms with van der Waals surface area (Å²) in [7, 11) is 1.43. The minimum absolute atomic E-state index is 0.194. The van der Waals surface area contributed by atoms with Gasteiger partial charge in [0, 0.05) is 7.05 Å². The average molecular weight is 364 g/mol. The molecule has 26 heavy (non-hydrogen) atoms. The lowest BCUT2D eigenvalue weighted by Gasteiger charge is -2.29. The summed E-state index contributed by atoms with van der Waals surface area (Å²) in [6, 6.07) is 7.82. The number of nitrogens with zero attached hydrogens (tertiary/aromatic N) is 2. The number of aliphatic hydroxyl groups excluding tert-OH is 1. The van der Waals surface area contributed by atoms with E-state index in [1.807, 2.05) is 24.3 Å². The fraction of sp³-hybridized carbons (Fsp3) is 0.579. The van der Waals surface area contributed by atoms with Crippen molar-refractivity contribution in [1.29, 1.82) is 0 Å². The zero-order valence-corrected chi connectivity index (χ0v) is 16.2. The van der Waals surface area contributed by atoms with E-state index in [9.17, 15) is 14.7 Å². The predicted octanol–water partition coefficient (Wildman–Crippen LogP) is 3.27. The van der Waals surface area contributed by atoms with Crippen LogP contribution in [0.15, 0.2) is 24.3 Å². The third kappa shape index (κ3) is 4.66. The lowest BCUT2D eigenvalue weighted by molar-refractivity contribution is -0.0690. The van der Waals surface area contributed by atoms with Gasteiger partial charge in [0.1, 0.15) is 5.60 Å². The van der Waals surface area contributed by atoms with Gasteiger partial charge in [-0.25, -0.2) is 9.59 Å². The highest BCUT2D eigenvalue weighted by Crippen LogP contribution is 2.25. The van der Waals surface area contributed by atoms with Crippen molar-refractivity contribution in [2.75, 3.05) is 7.05 Å². The third-order valence-electron chi connectivity index (χ3n) is 4.06. The Bertz CT molecular complexity index is 668. The highest BCUT2D eigenvalue weighted by molar-refractivity contribution is 5.73. The van der Waals surface area contributed by atoms with Crippen LogP contribution in [-0.2, 0) is 16.0 Å². The van der Waals surface area contributed by atoms with Gasteiger partial charge >= 0.3 is 12.2 Å². The zero-order valence-electron chi connectivity index (χ0n) is 16.2. The quantitative estimate of drug-likeness (QED) is 0.887. The molecule has 1 aromatic carbocycles. The first-order valence-corrected chi connectivity index (χ1v) is 8.69. The Labute approximate surface area is 154 Å². The van der Waals surface area contributed by atoms with Crippen LogP contribution in [0.1, 0.15) is 51.7 Å². The summed E-state index contributed by atoms with van der Waals surface area (Å²) < 4.78 is 10.5. The Morgan fingerprint density at radius 1 is 1.38 bits per heavy atom. The van der Waals surface area contributed by atoms with Crippen molar-refractivity contribution in [1.82, 2.24) is 9.80 Å². The molecule has 144 valence electrons. The lowest BCUT2D eigenvalue weighted by Crippen LogP contribution is -2.47. The van der Waals surface area contributed by atoms with Crippen LogP contribution in [0.4, 0.5) is 9.59 Å². The highest BCUT2D eigenvalue weighted by atomic mass is 16.6. The molecule has 1 fully saturated rings. The Morgan fingerprint density at radius 3 is 2.62 bits per heavy atom. The maximum Gasteiger partial charge on any atom is 0.414 e. The first kappa shape index (κ1) is 20.0. The van der Waals surface area contributed by atoms with Crippen molar-refractivity contribution in [3.63, 3.8) is 0 Å². The van der Waals surface area contributed by atoms with Gasteiger partial charge in [0.05, 0.1) is 6.54 Å². The maximum absolute atomic E-state index is 12.2. The summed E-state index contributed by atoms with van der Waals surface area (Å²) in [5, 5.41) is 10.5. The summed E-state index contributed by atoms with van der Waals surface area (Å²) in [5.74, 6) is 0.358. The van der Waals surface area contributed by atoms with Crippen LogP contribution in [0, 0.1) is 0 Å². The molecule has 0 aliphatic carbocycles. The monoisotopic (exact) mass is 364 g/mol. The van der Waals surface area contributed by atoms with Gasteiger partial charge in [-0.3, -0.25) is 9.80 Å². The van der Waals surface area contributed by atoms with Crippen LogP contribution < -0.4 is 0 Å². The molecule has 1 N–H and O–H groups in total. The lowest BCUT2D eigenvalue weighted by atomic mass is 10.0. The highest BCUT2D eigenvalue weighted by Gasteiger charge is 2.45. The number of ether oxygens (including phenoxy) is 2. The molecule has 0 aromatic heterocycles. The van der Waals surface area contributed by atoms with Crippen LogP contribution >= 0.6 is 0 Å². The molecule has 1 aliphatic rings. The molecule has 0 saturated carbocycles. The van der Waals surface area contributed by atoms with E-state index in [2.05, 4.69) is 13.8 Å². The molecule has 1 aromatic rings. The molecule has 7 nitrogen and oxygen atoms in total. The molecule has 2 atom stereocenters. The number of amides is 2. The summed E-state index contributed by atoms with van der Waals surface area (Å²) in [5.41, 5.74) is 1.34. The SMILES string of the molecule is CC(C)c1cccc(CN2C(=O)O[C@@H](N(C)C(=O)OC(C)(C)C)C2O)c1. The average Bonchev–Trinajstić information content (AvgIpc) is 2.81. The maximum atomic E-state index is 12.2. The number of cyclic esters (lactones) is 1. The van der Waals surface area contributed by atoms with Crippen molar-refractivity contribution in [2.24, 2.45) is 0 Å². The van der Waals surface area contributed by atoms with E-state index in [-0.39, 0.29) is 6.54 Å². The van der Waals surface area contributed by atoms with Crippen molar-refractivity contribution in [3.05, 3.63) is 35.4 Å². The number of likely N-dealkylation sites (N-methyl/N-ethyl adjacent to an activating group) is 1. The van der Waals surface area contributed by atoms with Crippen molar-refractivity contribution in [3.8, 4) is 0 Å². The van der Waals surface area contributed by atoms with Gasteiger partial charge in [-0.2, -0.15) is 0 Å². The minimum atomic E-state index is -1.28. The van der Waals surface area contributed by atoms with Gasteiger partial charge < -0.3 is 14.6 Å². The molecular formula is C19H28N2O5. The fourth-order valence-corrected chi connectivity index (χ4v) is 2.62. The first-order valence-electron chi connectivity index (χ1n) is 8.69. The molecule has 1 saturated heterocycles. The minimum Gasteiger partial charge on any atom is -0.444 e. The van der Waals surface area contributed by atoms with Gasteiger partial charge in [0.15, 0.2) is 6.23 Å². The van der Waals surface area contributed by atoms with Crippen LogP contribution in [0.25, 0.3) is 0 Å². The second-order valence-electron chi connectivity index (χ2n) is 7.81. The van der Waals surface area contributed by atoms with Gasteiger partial charge in [-0.15, -0.1) is 0 Å². The second-order valence-corrected chi connectivity index (χ2v) is 7.81. The number of aliphatic hydroxyl groups is 1. The number of benzene rings is 1. The third-order valence-corrected chi connectivity index (χ3v) is 4.06. The van der Waals surface area contributed by atoms with E-state index in [0.29, 0.717) is 5.92 Å². The van der Waals surface area contributed by atoms with Gasteiger partial charge in [0.2, 0.25) is 6.23 Å². The molecule has 1 aliphatic heterocycles. The van der Waals surface area contributed by atoms with Crippen molar-refractivity contribution in [2.45, 2.75) is 65.1 Å². The largest absolute Gasteiger partial charge is 0.444 e. The van der Waals surface area contributed by atoms with E-state index < -0.39 is 30.2 Å². The van der Waals surface area contributed by atoms with Crippen LogP contribution in [-0.4, -0.2) is 52.2 Å². The normalized spacial score (nSPS) is 20.3.